The van der Waals surface area contributed by atoms with Gasteiger partial charge in [-0.05, 0) is 24.1 Å². The third-order valence-electron chi connectivity index (χ3n) is 4.70. The molecule has 2 heterocycles. The lowest BCUT2D eigenvalue weighted by Gasteiger charge is -2.21. The van der Waals surface area contributed by atoms with Crippen LogP contribution < -0.4 is 33.0 Å². The van der Waals surface area contributed by atoms with Crippen LogP contribution in [0.15, 0.2) is 35.6 Å². The van der Waals surface area contributed by atoms with E-state index in [4.69, 9.17) is 33.6 Å². The van der Waals surface area contributed by atoms with E-state index in [0.717, 1.165) is 29.1 Å². The van der Waals surface area contributed by atoms with Crippen LogP contribution in [0.2, 0.25) is 5.02 Å². The Bertz CT molecular complexity index is 1130. The average Bonchev–Trinajstić information content (AvgIpc) is 3.31. The Kier molecular flexibility index (Phi) is 10.8. The molecule has 0 unspecified atom stereocenters. The predicted molar refractivity (Wildman–Crippen MR) is 147 cm³/mol. The lowest BCUT2D eigenvalue weighted by molar-refractivity contribution is 0.0924. The van der Waals surface area contributed by atoms with Crippen LogP contribution in [0.4, 0.5) is 22.5 Å². The Morgan fingerprint density at radius 2 is 1.94 bits per heavy atom. The molecule has 0 bridgehead atoms. The molecular formula is C22H30ClN9O2S2. The minimum atomic E-state index is -0.228. The number of nitrogens with two attached hydrogens (primary N) is 3. The summed E-state index contributed by atoms with van der Waals surface area (Å²) < 4.78 is 5.60. The molecule has 0 radical (unpaired) electrons. The molecule has 0 saturated heterocycles. The highest BCUT2D eigenvalue weighted by atomic mass is 35.5. The summed E-state index contributed by atoms with van der Waals surface area (Å²) in [5, 5.41) is 9.06. The second-order valence-corrected chi connectivity index (χ2v) is 10.1. The standard InChI is InChI=1S/C22H30ClN9O2S2/c1-2-11-35-22-30-18(17(24)19(31-22)32(26)13-14-3-5-15(23)6-4-14)27-7-9-34-10-8-28-20(33)16-12-29-21(25)36-16/h3-6,12H,2,7-11,13,24,26H2,1H3,(H2,25,29)(H,28,33)(H,27,30,31). The summed E-state index contributed by atoms with van der Waals surface area (Å²) in [4.78, 5) is 25.4. The van der Waals surface area contributed by atoms with Crippen LogP contribution in [-0.4, -0.2) is 52.9 Å². The Hall–Kier alpha value is -2.84. The van der Waals surface area contributed by atoms with E-state index in [9.17, 15) is 4.79 Å². The van der Waals surface area contributed by atoms with Crippen LogP contribution >= 0.6 is 34.7 Å². The fourth-order valence-electron chi connectivity index (χ4n) is 2.97. The summed E-state index contributed by atoms with van der Waals surface area (Å²) >= 11 is 8.65. The van der Waals surface area contributed by atoms with Crippen molar-refractivity contribution in [1.82, 2.24) is 20.3 Å². The summed E-state index contributed by atoms with van der Waals surface area (Å²) in [6, 6.07) is 7.42. The molecule has 1 amide bonds. The highest BCUT2D eigenvalue weighted by Crippen LogP contribution is 2.30. The number of carbonyl (C=O) groups is 1. The summed E-state index contributed by atoms with van der Waals surface area (Å²) in [6.07, 6.45) is 2.43. The lowest BCUT2D eigenvalue weighted by Crippen LogP contribution is -2.32. The fraction of sp³-hybridized carbons (Fsp3) is 0.364. The number of hydrogen-bond acceptors (Lipinski definition) is 12. The number of amides is 1. The molecule has 14 heteroatoms. The molecule has 8 N–H and O–H groups in total. The number of anilines is 4. The van der Waals surface area contributed by atoms with Crippen molar-refractivity contribution in [2.45, 2.75) is 25.0 Å². The number of thioether (sulfide) groups is 1. The number of benzene rings is 1. The van der Waals surface area contributed by atoms with Crippen molar-refractivity contribution in [3.05, 3.63) is 45.9 Å². The number of carbonyl (C=O) groups excluding carboxylic acids is 1. The molecule has 3 rings (SSSR count). The van der Waals surface area contributed by atoms with Gasteiger partial charge in [0.2, 0.25) is 0 Å². The first-order valence-electron chi connectivity index (χ1n) is 11.3. The SMILES string of the molecule is CCCSc1nc(NCCOCCNC(=O)c2cnc(N)s2)c(N)c(N(N)Cc2ccc(Cl)cc2)n1. The molecule has 0 spiro atoms. The van der Waals surface area contributed by atoms with E-state index in [-0.39, 0.29) is 5.91 Å². The summed E-state index contributed by atoms with van der Waals surface area (Å²) in [5.74, 6) is 7.90. The van der Waals surface area contributed by atoms with Crippen molar-refractivity contribution >= 4 is 63.1 Å². The number of halogens is 1. The average molecular weight is 552 g/mol. The van der Waals surface area contributed by atoms with E-state index in [0.29, 0.717) is 70.4 Å². The van der Waals surface area contributed by atoms with Gasteiger partial charge in [0, 0.05) is 23.9 Å². The molecular weight excluding hydrogens is 522 g/mol. The Morgan fingerprint density at radius 1 is 1.19 bits per heavy atom. The van der Waals surface area contributed by atoms with Crippen molar-refractivity contribution in [2.24, 2.45) is 5.84 Å². The van der Waals surface area contributed by atoms with Crippen LogP contribution in [0.5, 0.6) is 0 Å². The number of hydrazine groups is 1. The molecule has 0 atom stereocenters. The highest BCUT2D eigenvalue weighted by molar-refractivity contribution is 7.99. The summed E-state index contributed by atoms with van der Waals surface area (Å²) in [6.45, 7) is 4.05. The lowest BCUT2D eigenvalue weighted by atomic mass is 10.2. The minimum Gasteiger partial charge on any atom is -0.393 e. The van der Waals surface area contributed by atoms with Gasteiger partial charge in [0.05, 0.1) is 26.0 Å². The molecule has 194 valence electrons. The first-order valence-corrected chi connectivity index (χ1v) is 13.4. The Balaban J connectivity index is 1.52. The van der Waals surface area contributed by atoms with Gasteiger partial charge in [-0.15, -0.1) is 0 Å². The Morgan fingerprint density at radius 3 is 2.64 bits per heavy atom. The summed E-state index contributed by atoms with van der Waals surface area (Å²) in [5.41, 5.74) is 13.2. The number of rotatable bonds is 14. The molecule has 1 aromatic carbocycles. The van der Waals surface area contributed by atoms with Gasteiger partial charge in [0.15, 0.2) is 21.9 Å². The fourth-order valence-corrected chi connectivity index (χ4v) is 4.39. The second-order valence-electron chi connectivity index (χ2n) is 7.55. The number of nitrogen functional groups attached to an aromatic ring is 2. The number of ether oxygens (including phenoxy) is 1. The maximum absolute atomic E-state index is 12.0. The van der Waals surface area contributed by atoms with Crippen LogP contribution in [0, 0.1) is 0 Å². The number of thiazole rings is 1. The molecule has 0 saturated carbocycles. The molecule has 0 fully saturated rings. The van der Waals surface area contributed by atoms with Crippen molar-refractivity contribution in [3.8, 4) is 0 Å². The zero-order valence-electron chi connectivity index (χ0n) is 19.9. The third kappa shape index (κ3) is 8.38. The van der Waals surface area contributed by atoms with Crippen LogP contribution in [0.25, 0.3) is 0 Å². The number of nitrogens with one attached hydrogen (secondary N) is 2. The zero-order chi connectivity index (χ0) is 25.9. The van der Waals surface area contributed by atoms with Gasteiger partial charge in [-0.1, -0.05) is 53.8 Å². The van der Waals surface area contributed by atoms with Gasteiger partial charge in [0.1, 0.15) is 10.6 Å². The van der Waals surface area contributed by atoms with Gasteiger partial charge in [0.25, 0.3) is 5.91 Å². The van der Waals surface area contributed by atoms with Crippen molar-refractivity contribution in [3.63, 3.8) is 0 Å². The first kappa shape index (κ1) is 27.7. The maximum atomic E-state index is 12.0. The predicted octanol–water partition coefficient (Wildman–Crippen LogP) is 2.99. The van der Waals surface area contributed by atoms with Gasteiger partial charge >= 0.3 is 0 Å². The molecule has 2 aromatic heterocycles. The first-order chi connectivity index (χ1) is 17.4. The van der Waals surface area contributed by atoms with E-state index < -0.39 is 0 Å². The minimum absolute atomic E-state index is 0.228. The van der Waals surface area contributed by atoms with E-state index in [1.165, 1.54) is 23.0 Å². The van der Waals surface area contributed by atoms with Gasteiger partial charge in [-0.25, -0.2) is 20.8 Å². The number of hydrogen-bond donors (Lipinski definition) is 5. The van der Waals surface area contributed by atoms with Gasteiger partial charge < -0.3 is 26.8 Å². The van der Waals surface area contributed by atoms with E-state index in [2.05, 4.69) is 32.5 Å². The number of aromatic nitrogens is 3. The molecule has 3 aromatic rings. The monoisotopic (exact) mass is 551 g/mol. The van der Waals surface area contributed by atoms with Crippen molar-refractivity contribution in [2.75, 3.05) is 53.8 Å². The molecule has 11 nitrogen and oxygen atoms in total. The molecule has 0 aliphatic carbocycles. The van der Waals surface area contributed by atoms with Gasteiger partial charge in [-0.3, -0.25) is 9.80 Å². The van der Waals surface area contributed by atoms with Crippen LogP contribution in [0.3, 0.4) is 0 Å². The molecule has 36 heavy (non-hydrogen) atoms. The largest absolute Gasteiger partial charge is 0.393 e. The third-order valence-corrected chi connectivity index (χ3v) is 6.83. The van der Waals surface area contributed by atoms with E-state index in [1.54, 1.807) is 0 Å². The molecule has 0 aliphatic heterocycles. The van der Waals surface area contributed by atoms with Crippen LogP contribution in [0.1, 0.15) is 28.6 Å². The maximum Gasteiger partial charge on any atom is 0.263 e. The quantitative estimate of drug-likeness (QED) is 0.0655. The molecule has 0 aliphatic rings. The zero-order valence-corrected chi connectivity index (χ0v) is 22.3. The Labute approximate surface area is 223 Å². The second kappa shape index (κ2) is 14.0. The smallest absolute Gasteiger partial charge is 0.263 e. The van der Waals surface area contributed by atoms with E-state index >= 15 is 0 Å². The van der Waals surface area contributed by atoms with Gasteiger partial charge in [-0.2, -0.15) is 0 Å². The van der Waals surface area contributed by atoms with Crippen molar-refractivity contribution < 1.29 is 9.53 Å². The van der Waals surface area contributed by atoms with Crippen LogP contribution in [-0.2, 0) is 11.3 Å². The summed E-state index contributed by atoms with van der Waals surface area (Å²) in [7, 11) is 0. The topological polar surface area (TPSA) is 170 Å². The number of nitrogens with zero attached hydrogens (tertiary/aromatic N) is 4. The normalized spacial score (nSPS) is 10.9. The van der Waals surface area contributed by atoms with E-state index in [1.807, 2.05) is 24.3 Å². The van der Waals surface area contributed by atoms with Crippen molar-refractivity contribution in [1.29, 1.82) is 0 Å². The highest BCUT2D eigenvalue weighted by Gasteiger charge is 2.17.